The molecule has 0 radical (unpaired) electrons. The van der Waals surface area contributed by atoms with Crippen molar-refractivity contribution in [2.24, 2.45) is 5.73 Å². The quantitative estimate of drug-likeness (QED) is 0.729. The number of rotatable bonds is 4. The molecule has 0 aromatic carbocycles. The maximum atomic E-state index is 11.5. The summed E-state index contributed by atoms with van der Waals surface area (Å²) < 4.78 is 3.59. The monoisotopic (exact) mass is 230 g/mol. The van der Waals surface area contributed by atoms with Gasteiger partial charge in [-0.3, -0.25) is 4.79 Å². The first-order chi connectivity index (χ1) is 6.65. The van der Waals surface area contributed by atoms with E-state index in [1.54, 1.807) is 0 Å². The average molecular weight is 230 g/mol. The van der Waals surface area contributed by atoms with Gasteiger partial charge >= 0.3 is 0 Å². The molecule has 0 spiro atoms. The number of amides is 1. The first-order valence-corrected chi connectivity index (χ1v) is 5.20. The van der Waals surface area contributed by atoms with E-state index in [1.807, 2.05) is 6.92 Å². The van der Waals surface area contributed by atoms with E-state index >= 15 is 0 Å². The molecule has 3 N–H and O–H groups in total. The van der Waals surface area contributed by atoms with E-state index in [2.05, 4.69) is 14.9 Å². The van der Waals surface area contributed by atoms with Gasteiger partial charge in [0.05, 0.1) is 17.2 Å². The first-order valence-electron chi connectivity index (χ1n) is 4.02. The summed E-state index contributed by atoms with van der Waals surface area (Å²) in [5.41, 5.74) is 5.44. The van der Waals surface area contributed by atoms with Gasteiger partial charge in [0.25, 0.3) is 5.91 Å². The summed E-state index contributed by atoms with van der Waals surface area (Å²) in [4.78, 5) is 12.2. The second kappa shape index (κ2) is 4.97. The van der Waals surface area contributed by atoms with Crippen LogP contribution in [0, 0.1) is 0 Å². The summed E-state index contributed by atoms with van der Waals surface area (Å²) in [5.74, 6) is -0.236. The molecule has 7 heteroatoms. The van der Waals surface area contributed by atoms with Crippen LogP contribution in [-0.2, 0) is 0 Å². The van der Waals surface area contributed by atoms with Gasteiger partial charge in [0.2, 0.25) is 0 Å². The molecule has 0 aliphatic rings. The van der Waals surface area contributed by atoms with Gasteiger partial charge in [-0.2, -0.15) is 0 Å². The van der Waals surface area contributed by atoms with Gasteiger partial charge in [0, 0.05) is 0 Å². The van der Waals surface area contributed by atoms with Crippen LogP contribution >= 0.6 is 23.8 Å². The van der Waals surface area contributed by atoms with Crippen LogP contribution in [0.15, 0.2) is 6.20 Å². The van der Waals surface area contributed by atoms with Gasteiger partial charge in [0.15, 0.2) is 0 Å². The van der Waals surface area contributed by atoms with Crippen molar-refractivity contribution >= 4 is 34.6 Å². The zero-order valence-electron chi connectivity index (χ0n) is 7.56. The van der Waals surface area contributed by atoms with Gasteiger partial charge < -0.3 is 11.1 Å². The zero-order valence-corrected chi connectivity index (χ0v) is 9.19. The summed E-state index contributed by atoms with van der Waals surface area (Å²) in [6.45, 7) is 1.90. The highest BCUT2D eigenvalue weighted by Crippen LogP contribution is 2.02. The lowest BCUT2D eigenvalue weighted by Crippen LogP contribution is -2.42. The number of nitrogens with two attached hydrogens (primary N) is 1. The Balaban J connectivity index is 2.60. The van der Waals surface area contributed by atoms with E-state index < -0.39 is 0 Å². The fraction of sp³-hybridized carbons (Fsp3) is 0.429. The fourth-order valence-corrected chi connectivity index (χ4v) is 1.51. The second-order valence-corrected chi connectivity index (χ2v) is 3.88. The van der Waals surface area contributed by atoms with E-state index in [0.29, 0.717) is 16.3 Å². The predicted octanol–water partition coefficient (Wildman–Crippen LogP) is 0.333. The van der Waals surface area contributed by atoms with Crippen LogP contribution in [0.3, 0.4) is 0 Å². The van der Waals surface area contributed by atoms with Crippen molar-refractivity contribution in [3.05, 3.63) is 11.1 Å². The Hall–Kier alpha value is -1.08. The molecule has 1 aromatic heterocycles. The summed E-state index contributed by atoms with van der Waals surface area (Å²) in [6, 6.07) is -0.264. The summed E-state index contributed by atoms with van der Waals surface area (Å²) in [6.07, 6.45) is 2.08. The molecule has 0 fully saturated rings. The third-order valence-electron chi connectivity index (χ3n) is 1.64. The van der Waals surface area contributed by atoms with Crippen molar-refractivity contribution in [2.45, 2.75) is 19.4 Å². The first kappa shape index (κ1) is 11.0. The number of carbonyl (C=O) groups excluding carboxylic acids is 1. The third-order valence-corrected chi connectivity index (χ3v) is 2.59. The van der Waals surface area contributed by atoms with E-state index in [4.69, 9.17) is 18.0 Å². The smallest absolute Gasteiger partial charge is 0.265 e. The number of hydrogen-bond acceptors (Lipinski definition) is 5. The minimum atomic E-state index is -0.264. The molecule has 1 amide bonds. The van der Waals surface area contributed by atoms with Crippen molar-refractivity contribution in [1.29, 1.82) is 0 Å². The van der Waals surface area contributed by atoms with Gasteiger partial charge in [-0.15, -0.1) is 5.10 Å². The van der Waals surface area contributed by atoms with Crippen molar-refractivity contribution in [3.8, 4) is 0 Å². The van der Waals surface area contributed by atoms with E-state index in [0.717, 1.165) is 11.5 Å². The molecule has 1 rings (SSSR count). The number of nitrogens with one attached hydrogen (secondary N) is 1. The lowest BCUT2D eigenvalue weighted by molar-refractivity contribution is 0.0950. The molecule has 1 heterocycles. The lowest BCUT2D eigenvalue weighted by Gasteiger charge is -2.13. The molecule has 0 aliphatic heterocycles. The molecule has 1 unspecified atom stereocenters. The standard InChI is InChI=1S/C7H10N4OS2/c1-2-4(6(8)13)10-7(12)5-3-9-11-14-5/h3-4H,2H2,1H3,(H2,8,13)(H,10,12). The maximum absolute atomic E-state index is 11.5. The molecule has 1 aromatic rings. The summed E-state index contributed by atoms with van der Waals surface area (Å²) >= 11 is 5.84. The van der Waals surface area contributed by atoms with Gasteiger partial charge in [-0.25, -0.2) is 0 Å². The molecule has 0 saturated heterocycles. The van der Waals surface area contributed by atoms with Crippen molar-refractivity contribution in [3.63, 3.8) is 0 Å². The minimum Gasteiger partial charge on any atom is -0.392 e. The van der Waals surface area contributed by atoms with E-state index in [9.17, 15) is 4.79 Å². The number of thiocarbonyl (C=S) groups is 1. The Morgan fingerprint density at radius 2 is 2.57 bits per heavy atom. The molecule has 0 aliphatic carbocycles. The molecule has 0 saturated carbocycles. The van der Waals surface area contributed by atoms with Crippen LogP contribution in [0.4, 0.5) is 0 Å². The second-order valence-electron chi connectivity index (χ2n) is 2.62. The Morgan fingerprint density at radius 3 is 3.00 bits per heavy atom. The number of hydrogen-bond donors (Lipinski definition) is 2. The normalized spacial score (nSPS) is 12.1. The average Bonchev–Trinajstić information content (AvgIpc) is 2.65. The minimum absolute atomic E-state index is 0.236. The highest BCUT2D eigenvalue weighted by molar-refractivity contribution is 7.80. The van der Waals surface area contributed by atoms with Crippen LogP contribution < -0.4 is 11.1 Å². The van der Waals surface area contributed by atoms with Crippen LogP contribution in [-0.4, -0.2) is 26.5 Å². The number of aromatic nitrogens is 2. The molecule has 5 nitrogen and oxygen atoms in total. The molecule has 0 bridgehead atoms. The summed E-state index contributed by atoms with van der Waals surface area (Å²) in [5, 5.41) is 6.26. The van der Waals surface area contributed by atoms with Crippen LogP contribution in [0.5, 0.6) is 0 Å². The lowest BCUT2D eigenvalue weighted by atomic mass is 10.2. The third kappa shape index (κ3) is 2.71. The van der Waals surface area contributed by atoms with Crippen LogP contribution in [0.2, 0.25) is 0 Å². The highest BCUT2D eigenvalue weighted by Gasteiger charge is 2.15. The van der Waals surface area contributed by atoms with Crippen LogP contribution in [0.25, 0.3) is 0 Å². The van der Waals surface area contributed by atoms with Crippen molar-refractivity contribution in [2.75, 3.05) is 0 Å². The maximum Gasteiger partial charge on any atom is 0.265 e. The van der Waals surface area contributed by atoms with Gasteiger partial charge in [-0.05, 0) is 18.0 Å². The molecular formula is C7H10N4OS2. The predicted molar refractivity (Wildman–Crippen MR) is 58.2 cm³/mol. The molecule has 76 valence electrons. The Labute approximate surface area is 90.9 Å². The van der Waals surface area contributed by atoms with Crippen molar-refractivity contribution < 1.29 is 4.79 Å². The zero-order chi connectivity index (χ0) is 10.6. The van der Waals surface area contributed by atoms with Gasteiger partial charge in [-0.1, -0.05) is 23.6 Å². The highest BCUT2D eigenvalue weighted by atomic mass is 32.1. The molecular weight excluding hydrogens is 220 g/mol. The molecule has 14 heavy (non-hydrogen) atoms. The summed E-state index contributed by atoms with van der Waals surface area (Å²) in [7, 11) is 0. The van der Waals surface area contributed by atoms with Crippen molar-refractivity contribution in [1.82, 2.24) is 14.9 Å². The van der Waals surface area contributed by atoms with Crippen LogP contribution in [0.1, 0.15) is 23.0 Å². The largest absolute Gasteiger partial charge is 0.392 e. The number of carbonyl (C=O) groups is 1. The SMILES string of the molecule is CCC(NC(=O)c1cnns1)C(N)=S. The fourth-order valence-electron chi connectivity index (χ4n) is 0.871. The topological polar surface area (TPSA) is 80.9 Å². The number of nitrogens with zero attached hydrogens (tertiary/aromatic N) is 2. The Morgan fingerprint density at radius 1 is 1.86 bits per heavy atom. The van der Waals surface area contributed by atoms with Gasteiger partial charge in [0.1, 0.15) is 4.88 Å². The van der Waals surface area contributed by atoms with E-state index in [1.165, 1.54) is 6.20 Å². The Kier molecular flexibility index (Phi) is 3.90. The van der Waals surface area contributed by atoms with E-state index in [-0.39, 0.29) is 11.9 Å². The molecule has 1 atom stereocenters. The Bertz CT molecular complexity index is 324.